The summed E-state index contributed by atoms with van der Waals surface area (Å²) in [5.41, 5.74) is 2.55. The molecule has 2 aromatic heterocycles. The van der Waals surface area contributed by atoms with Crippen LogP contribution >= 0.6 is 0 Å². The zero-order valence-corrected chi connectivity index (χ0v) is 27.2. The van der Waals surface area contributed by atoms with Gasteiger partial charge in [0.25, 0.3) is 5.91 Å². The van der Waals surface area contributed by atoms with Crippen LogP contribution in [-0.4, -0.2) is 53.0 Å². The molecule has 0 saturated heterocycles. The third-order valence-corrected chi connectivity index (χ3v) is 8.06. The summed E-state index contributed by atoms with van der Waals surface area (Å²) in [5, 5.41) is 11.7. The van der Waals surface area contributed by atoms with Gasteiger partial charge in [-0.3, -0.25) is 9.59 Å². The number of amides is 2. The first kappa shape index (κ1) is 33.2. The second-order valence-corrected chi connectivity index (χ2v) is 11.5. The molecule has 0 spiro atoms. The van der Waals surface area contributed by atoms with Crippen molar-refractivity contribution >= 4 is 28.4 Å². The van der Waals surface area contributed by atoms with Gasteiger partial charge in [-0.05, 0) is 72.9 Å². The fourth-order valence-corrected chi connectivity index (χ4v) is 5.60. The molecular formula is C37H43N7O3. The normalized spacial score (nSPS) is 12.3. The van der Waals surface area contributed by atoms with Gasteiger partial charge in [0.05, 0.1) is 19.2 Å². The summed E-state index contributed by atoms with van der Waals surface area (Å²) in [5.74, 6) is 1.79. The molecule has 5 aromatic rings. The van der Waals surface area contributed by atoms with Crippen LogP contribution in [0.4, 0.5) is 5.82 Å². The first-order valence-corrected chi connectivity index (χ1v) is 16.1. The third kappa shape index (κ3) is 8.95. The Morgan fingerprint density at radius 1 is 0.915 bits per heavy atom. The molecule has 0 aliphatic rings. The van der Waals surface area contributed by atoms with E-state index >= 15 is 0 Å². The van der Waals surface area contributed by atoms with Gasteiger partial charge in [0.15, 0.2) is 11.6 Å². The monoisotopic (exact) mass is 633 g/mol. The van der Waals surface area contributed by atoms with E-state index < -0.39 is 6.04 Å². The minimum Gasteiger partial charge on any atom is -0.490 e. The van der Waals surface area contributed by atoms with Crippen LogP contribution in [-0.2, 0) is 17.9 Å². The van der Waals surface area contributed by atoms with E-state index in [0.29, 0.717) is 50.4 Å². The van der Waals surface area contributed by atoms with Crippen molar-refractivity contribution in [2.45, 2.75) is 51.9 Å². The van der Waals surface area contributed by atoms with Crippen LogP contribution in [0.5, 0.6) is 5.75 Å². The largest absolute Gasteiger partial charge is 0.490 e. The molecule has 0 aliphatic carbocycles. The molecule has 244 valence electrons. The van der Waals surface area contributed by atoms with Crippen LogP contribution in [0, 0.1) is 0 Å². The first-order chi connectivity index (χ1) is 22.9. The Bertz CT molecular complexity index is 1740. The minimum atomic E-state index is -0.738. The predicted octanol–water partition coefficient (Wildman–Crippen LogP) is 5.54. The molecule has 5 rings (SSSR count). The summed E-state index contributed by atoms with van der Waals surface area (Å²) in [6, 6.07) is 24.4. The molecule has 2 heterocycles. The van der Waals surface area contributed by atoms with E-state index in [1.165, 1.54) is 0 Å². The van der Waals surface area contributed by atoms with Crippen LogP contribution in [0.25, 0.3) is 10.8 Å². The van der Waals surface area contributed by atoms with Gasteiger partial charge in [-0.25, -0.2) is 9.97 Å². The van der Waals surface area contributed by atoms with Gasteiger partial charge in [0.2, 0.25) is 5.91 Å². The molecule has 4 N–H and O–H groups in total. The first-order valence-electron chi connectivity index (χ1n) is 16.1. The van der Waals surface area contributed by atoms with Crippen molar-refractivity contribution in [3.8, 4) is 5.75 Å². The Balaban J connectivity index is 1.25. The van der Waals surface area contributed by atoms with E-state index in [1.54, 1.807) is 30.7 Å². The lowest BCUT2D eigenvalue weighted by atomic mass is 9.99. The van der Waals surface area contributed by atoms with Crippen LogP contribution in [0.15, 0.2) is 97.5 Å². The SMILES string of the molecule is CCOc1cccnc1N(C)CCC[C@H](NC(=O)c1ccc(CNCc2ncc[nH]2)cc1)C(=O)NC(C)c1cccc2ccccc12. The lowest BCUT2D eigenvalue weighted by molar-refractivity contribution is -0.123. The van der Waals surface area contributed by atoms with Crippen LogP contribution < -0.4 is 25.6 Å². The van der Waals surface area contributed by atoms with Crippen molar-refractivity contribution in [1.29, 1.82) is 0 Å². The smallest absolute Gasteiger partial charge is 0.251 e. The fourth-order valence-electron chi connectivity index (χ4n) is 5.60. The number of fused-ring (bicyclic) bond motifs is 1. The predicted molar refractivity (Wildman–Crippen MR) is 185 cm³/mol. The number of hydrogen-bond acceptors (Lipinski definition) is 7. The molecule has 47 heavy (non-hydrogen) atoms. The second-order valence-electron chi connectivity index (χ2n) is 11.5. The number of hydrogen-bond donors (Lipinski definition) is 4. The Kier molecular flexibility index (Phi) is 11.5. The number of nitrogens with one attached hydrogen (secondary N) is 4. The molecule has 0 bridgehead atoms. The average Bonchev–Trinajstić information content (AvgIpc) is 3.61. The molecule has 3 aromatic carbocycles. The highest BCUT2D eigenvalue weighted by atomic mass is 16.5. The zero-order valence-electron chi connectivity index (χ0n) is 27.2. The summed E-state index contributed by atoms with van der Waals surface area (Å²) < 4.78 is 5.76. The minimum absolute atomic E-state index is 0.229. The van der Waals surface area contributed by atoms with Gasteiger partial charge in [-0.15, -0.1) is 0 Å². The van der Waals surface area contributed by atoms with Crippen molar-refractivity contribution in [2.24, 2.45) is 0 Å². The maximum atomic E-state index is 13.8. The summed E-state index contributed by atoms with van der Waals surface area (Å²) in [7, 11) is 1.95. The van der Waals surface area contributed by atoms with E-state index in [4.69, 9.17) is 4.74 Å². The van der Waals surface area contributed by atoms with E-state index in [1.807, 2.05) is 74.3 Å². The van der Waals surface area contributed by atoms with E-state index in [9.17, 15) is 9.59 Å². The summed E-state index contributed by atoms with van der Waals surface area (Å²) >= 11 is 0. The topological polar surface area (TPSA) is 124 Å². The standard InChI is InChI=1S/C37H43N7O3/c1-4-47-33-15-8-20-41-35(33)44(3)23-9-14-32(37(46)42-26(2)30-13-7-11-28-10-5-6-12-31(28)30)43-36(45)29-18-16-27(17-19-29)24-38-25-34-39-21-22-40-34/h5-8,10-13,15-22,26,32,38H,4,9,14,23-25H2,1-3H3,(H,39,40)(H,42,46)(H,43,45)/t26?,32-/m0/s1. The van der Waals surface area contributed by atoms with Crippen molar-refractivity contribution < 1.29 is 14.3 Å². The number of aromatic nitrogens is 3. The Morgan fingerprint density at radius 2 is 1.72 bits per heavy atom. The number of nitrogens with zero attached hydrogens (tertiary/aromatic N) is 3. The lowest BCUT2D eigenvalue weighted by Crippen LogP contribution is -2.47. The number of rotatable bonds is 16. The number of anilines is 1. The van der Waals surface area contributed by atoms with Gasteiger partial charge in [-0.1, -0.05) is 54.6 Å². The molecule has 2 amide bonds. The molecule has 0 radical (unpaired) electrons. The van der Waals surface area contributed by atoms with Gasteiger partial charge >= 0.3 is 0 Å². The molecular weight excluding hydrogens is 590 g/mol. The maximum absolute atomic E-state index is 13.8. The Morgan fingerprint density at radius 3 is 2.51 bits per heavy atom. The van der Waals surface area contributed by atoms with Gasteiger partial charge < -0.3 is 30.6 Å². The summed E-state index contributed by atoms with van der Waals surface area (Å²) in [6.07, 6.45) is 6.33. The number of pyridine rings is 1. The molecule has 2 atom stereocenters. The Hall–Kier alpha value is -5.22. The van der Waals surface area contributed by atoms with Crippen molar-refractivity contribution in [1.82, 2.24) is 30.9 Å². The number of carbonyl (C=O) groups excluding carboxylic acids is 2. The van der Waals surface area contributed by atoms with E-state index in [0.717, 1.165) is 33.5 Å². The van der Waals surface area contributed by atoms with Crippen LogP contribution in [0.2, 0.25) is 0 Å². The Labute approximate surface area is 276 Å². The van der Waals surface area contributed by atoms with Crippen molar-refractivity contribution in [3.63, 3.8) is 0 Å². The number of carbonyl (C=O) groups is 2. The van der Waals surface area contributed by atoms with Gasteiger partial charge in [0, 0.05) is 44.3 Å². The highest BCUT2D eigenvalue weighted by Crippen LogP contribution is 2.26. The lowest BCUT2D eigenvalue weighted by Gasteiger charge is -2.24. The summed E-state index contributed by atoms with van der Waals surface area (Å²) in [6.45, 7) is 6.32. The molecule has 10 nitrogen and oxygen atoms in total. The van der Waals surface area contributed by atoms with Gasteiger partial charge in [0.1, 0.15) is 11.9 Å². The maximum Gasteiger partial charge on any atom is 0.251 e. The van der Waals surface area contributed by atoms with E-state index in [2.05, 4.69) is 49.1 Å². The molecule has 0 aliphatic heterocycles. The van der Waals surface area contributed by atoms with Crippen LogP contribution in [0.3, 0.4) is 0 Å². The fraction of sp³-hybridized carbons (Fsp3) is 0.297. The molecule has 1 unspecified atom stereocenters. The molecule has 10 heteroatoms. The average molecular weight is 634 g/mol. The quantitative estimate of drug-likeness (QED) is 0.113. The van der Waals surface area contributed by atoms with Gasteiger partial charge in [-0.2, -0.15) is 0 Å². The third-order valence-electron chi connectivity index (χ3n) is 8.06. The number of H-pyrrole nitrogens is 1. The molecule has 0 saturated carbocycles. The summed E-state index contributed by atoms with van der Waals surface area (Å²) in [4.78, 5) is 41.0. The van der Waals surface area contributed by atoms with Crippen LogP contribution in [0.1, 0.15) is 60.0 Å². The number of imidazole rings is 1. The number of aromatic amines is 1. The number of benzene rings is 3. The highest BCUT2D eigenvalue weighted by molar-refractivity contribution is 5.97. The highest BCUT2D eigenvalue weighted by Gasteiger charge is 2.24. The molecule has 0 fully saturated rings. The van der Waals surface area contributed by atoms with Crippen molar-refractivity contribution in [3.05, 3.63) is 120 Å². The second kappa shape index (κ2) is 16.4. The zero-order chi connectivity index (χ0) is 33.0. The van der Waals surface area contributed by atoms with Crippen molar-refractivity contribution in [2.75, 3.05) is 25.1 Å². The van der Waals surface area contributed by atoms with E-state index in [-0.39, 0.29) is 17.9 Å². The number of ether oxygens (including phenoxy) is 1.